The van der Waals surface area contributed by atoms with Crippen LogP contribution >= 0.6 is 22.6 Å². The standard InChI is InChI=1S/C12H14F2INO/c13-10-4-3-9(11(14)8-10)7-12(17)16-6-2-1-5-15/h3-4,8H,1-2,5-7H2,(H,16,17). The molecule has 0 bridgehead atoms. The molecule has 0 saturated heterocycles. The number of nitrogens with one attached hydrogen (secondary N) is 1. The lowest BCUT2D eigenvalue weighted by Crippen LogP contribution is -2.26. The van der Waals surface area contributed by atoms with Crippen molar-refractivity contribution in [2.24, 2.45) is 0 Å². The maximum Gasteiger partial charge on any atom is 0.224 e. The minimum absolute atomic E-state index is 0.0453. The van der Waals surface area contributed by atoms with Gasteiger partial charge >= 0.3 is 0 Å². The molecule has 0 aliphatic heterocycles. The van der Waals surface area contributed by atoms with Crippen LogP contribution in [0, 0.1) is 11.6 Å². The molecule has 94 valence electrons. The van der Waals surface area contributed by atoms with Gasteiger partial charge < -0.3 is 5.32 Å². The Morgan fingerprint density at radius 3 is 2.71 bits per heavy atom. The van der Waals surface area contributed by atoms with E-state index in [0.717, 1.165) is 29.4 Å². The van der Waals surface area contributed by atoms with E-state index < -0.39 is 11.6 Å². The van der Waals surface area contributed by atoms with Gasteiger partial charge in [-0.15, -0.1) is 0 Å². The summed E-state index contributed by atoms with van der Waals surface area (Å²) in [6.45, 7) is 0.602. The molecule has 0 unspecified atom stereocenters. The Morgan fingerprint density at radius 2 is 2.06 bits per heavy atom. The first-order valence-electron chi connectivity index (χ1n) is 5.40. The average molecular weight is 353 g/mol. The highest BCUT2D eigenvalue weighted by Crippen LogP contribution is 2.10. The highest BCUT2D eigenvalue weighted by Gasteiger charge is 2.08. The van der Waals surface area contributed by atoms with Crippen LogP contribution in [0.2, 0.25) is 0 Å². The summed E-state index contributed by atoms with van der Waals surface area (Å²) >= 11 is 2.27. The van der Waals surface area contributed by atoms with Crippen molar-refractivity contribution < 1.29 is 13.6 Å². The van der Waals surface area contributed by atoms with E-state index in [1.54, 1.807) is 0 Å². The van der Waals surface area contributed by atoms with Crippen LogP contribution in [0.1, 0.15) is 18.4 Å². The Labute approximate surface area is 113 Å². The summed E-state index contributed by atoms with van der Waals surface area (Å²) in [6.07, 6.45) is 1.92. The fourth-order valence-corrected chi connectivity index (χ4v) is 1.89. The SMILES string of the molecule is O=C(Cc1ccc(F)cc1F)NCCCCI. The van der Waals surface area contributed by atoms with Crippen molar-refractivity contribution in [3.8, 4) is 0 Å². The zero-order valence-corrected chi connectivity index (χ0v) is 11.5. The van der Waals surface area contributed by atoms with Crippen molar-refractivity contribution in [1.29, 1.82) is 0 Å². The zero-order valence-electron chi connectivity index (χ0n) is 9.31. The van der Waals surface area contributed by atoms with Crippen LogP contribution in [0.3, 0.4) is 0 Å². The molecule has 0 atom stereocenters. The second-order valence-corrected chi connectivity index (χ2v) is 4.74. The number of rotatable bonds is 6. The fourth-order valence-electron chi connectivity index (χ4n) is 1.35. The molecule has 2 nitrogen and oxygen atoms in total. The second kappa shape index (κ2) is 7.58. The van der Waals surface area contributed by atoms with Crippen molar-refractivity contribution in [3.05, 3.63) is 35.4 Å². The van der Waals surface area contributed by atoms with Crippen LogP contribution in [0.4, 0.5) is 8.78 Å². The normalized spacial score (nSPS) is 10.3. The van der Waals surface area contributed by atoms with Crippen LogP contribution in [0.5, 0.6) is 0 Å². The number of carbonyl (C=O) groups is 1. The average Bonchev–Trinajstić information content (AvgIpc) is 2.28. The van der Waals surface area contributed by atoms with Crippen LogP contribution in [0.25, 0.3) is 0 Å². The van der Waals surface area contributed by atoms with Gasteiger partial charge in [-0.05, 0) is 28.9 Å². The first-order valence-corrected chi connectivity index (χ1v) is 6.92. The largest absolute Gasteiger partial charge is 0.356 e. The van der Waals surface area contributed by atoms with Gasteiger partial charge in [0, 0.05) is 12.6 Å². The molecule has 0 saturated carbocycles. The van der Waals surface area contributed by atoms with Gasteiger partial charge in [-0.1, -0.05) is 28.7 Å². The number of carbonyl (C=O) groups excluding carboxylic acids is 1. The van der Waals surface area contributed by atoms with E-state index in [1.165, 1.54) is 6.07 Å². The summed E-state index contributed by atoms with van der Waals surface area (Å²) in [6, 6.07) is 3.25. The number of hydrogen-bond acceptors (Lipinski definition) is 1. The molecule has 0 aliphatic rings. The van der Waals surface area contributed by atoms with Gasteiger partial charge in [0.15, 0.2) is 0 Å². The molecule has 0 spiro atoms. The van der Waals surface area contributed by atoms with Gasteiger partial charge in [-0.2, -0.15) is 0 Å². The molecular formula is C12H14F2INO. The second-order valence-electron chi connectivity index (χ2n) is 3.66. The summed E-state index contributed by atoms with van der Waals surface area (Å²) in [5.74, 6) is -1.54. The molecule has 1 rings (SSSR count). The van der Waals surface area contributed by atoms with Gasteiger partial charge in [0.2, 0.25) is 5.91 Å². The van der Waals surface area contributed by atoms with Gasteiger partial charge in [0.25, 0.3) is 0 Å². The molecule has 1 amide bonds. The molecular weight excluding hydrogens is 339 g/mol. The monoisotopic (exact) mass is 353 g/mol. The third-order valence-corrected chi connectivity index (χ3v) is 3.01. The number of amides is 1. The van der Waals surface area contributed by atoms with E-state index in [2.05, 4.69) is 27.9 Å². The molecule has 5 heteroatoms. The Balaban J connectivity index is 2.40. The topological polar surface area (TPSA) is 29.1 Å². The molecule has 0 fully saturated rings. The predicted octanol–water partition coefficient (Wildman–Crippen LogP) is 2.84. The molecule has 0 heterocycles. The van der Waals surface area contributed by atoms with E-state index in [1.807, 2.05) is 0 Å². The quantitative estimate of drug-likeness (QED) is 0.476. The number of halogens is 3. The van der Waals surface area contributed by atoms with E-state index in [9.17, 15) is 13.6 Å². The van der Waals surface area contributed by atoms with E-state index in [-0.39, 0.29) is 17.9 Å². The van der Waals surface area contributed by atoms with Gasteiger partial charge in [-0.25, -0.2) is 8.78 Å². The zero-order chi connectivity index (χ0) is 12.7. The highest BCUT2D eigenvalue weighted by atomic mass is 127. The molecule has 0 aliphatic carbocycles. The molecule has 0 aromatic heterocycles. The van der Waals surface area contributed by atoms with Crippen molar-refractivity contribution in [1.82, 2.24) is 5.32 Å². The van der Waals surface area contributed by atoms with Crippen LogP contribution in [-0.4, -0.2) is 16.9 Å². The molecule has 17 heavy (non-hydrogen) atoms. The number of unbranched alkanes of at least 4 members (excludes halogenated alkanes) is 1. The van der Waals surface area contributed by atoms with E-state index >= 15 is 0 Å². The first-order chi connectivity index (χ1) is 8.13. The van der Waals surface area contributed by atoms with Crippen molar-refractivity contribution >= 4 is 28.5 Å². The van der Waals surface area contributed by atoms with Gasteiger partial charge in [-0.3, -0.25) is 4.79 Å². The Bertz CT molecular complexity index is 385. The van der Waals surface area contributed by atoms with Crippen molar-refractivity contribution in [2.45, 2.75) is 19.3 Å². The number of alkyl halides is 1. The highest BCUT2D eigenvalue weighted by molar-refractivity contribution is 14.1. The Hall–Kier alpha value is -0.720. The van der Waals surface area contributed by atoms with Crippen molar-refractivity contribution in [2.75, 3.05) is 11.0 Å². The lowest BCUT2D eigenvalue weighted by molar-refractivity contribution is -0.120. The Morgan fingerprint density at radius 1 is 1.29 bits per heavy atom. The van der Waals surface area contributed by atoms with Crippen LogP contribution < -0.4 is 5.32 Å². The van der Waals surface area contributed by atoms with Gasteiger partial charge in [0.1, 0.15) is 11.6 Å². The van der Waals surface area contributed by atoms with Crippen molar-refractivity contribution in [3.63, 3.8) is 0 Å². The summed E-state index contributed by atoms with van der Waals surface area (Å²) < 4.78 is 26.9. The van der Waals surface area contributed by atoms with E-state index in [0.29, 0.717) is 6.54 Å². The molecule has 1 aromatic rings. The smallest absolute Gasteiger partial charge is 0.224 e. The maximum absolute atomic E-state index is 13.2. The summed E-state index contributed by atoms with van der Waals surface area (Å²) in [7, 11) is 0. The Kier molecular flexibility index (Phi) is 6.39. The van der Waals surface area contributed by atoms with Crippen LogP contribution in [0.15, 0.2) is 18.2 Å². The first kappa shape index (κ1) is 14.3. The van der Waals surface area contributed by atoms with Crippen LogP contribution in [-0.2, 0) is 11.2 Å². The summed E-state index contributed by atoms with van der Waals surface area (Å²) in [5.41, 5.74) is 0.220. The maximum atomic E-state index is 13.2. The minimum Gasteiger partial charge on any atom is -0.356 e. The third-order valence-electron chi connectivity index (χ3n) is 2.25. The summed E-state index contributed by atoms with van der Waals surface area (Å²) in [4.78, 5) is 11.4. The van der Waals surface area contributed by atoms with Gasteiger partial charge in [0.05, 0.1) is 6.42 Å². The van der Waals surface area contributed by atoms with E-state index in [4.69, 9.17) is 0 Å². The summed E-state index contributed by atoms with van der Waals surface area (Å²) in [5, 5.41) is 2.71. The molecule has 1 N–H and O–H groups in total. The molecule has 0 radical (unpaired) electrons. The lowest BCUT2D eigenvalue weighted by atomic mass is 10.1. The minimum atomic E-state index is -0.674. The third kappa shape index (κ3) is 5.43. The number of benzene rings is 1. The lowest BCUT2D eigenvalue weighted by Gasteiger charge is -2.05. The number of hydrogen-bond donors (Lipinski definition) is 1. The predicted molar refractivity (Wildman–Crippen MR) is 71.2 cm³/mol. The molecule has 1 aromatic carbocycles. The fraction of sp³-hybridized carbons (Fsp3) is 0.417.